The lowest BCUT2D eigenvalue weighted by molar-refractivity contribution is 0.185. The quantitative estimate of drug-likeness (QED) is 0.700. The molecule has 1 aliphatic carbocycles. The first-order valence-electron chi connectivity index (χ1n) is 7.34. The van der Waals surface area contributed by atoms with Gasteiger partial charge in [0, 0.05) is 11.4 Å². The normalized spacial score (nSPS) is 31.2. The van der Waals surface area contributed by atoms with Crippen LogP contribution in [0, 0.1) is 0 Å². The Morgan fingerprint density at radius 2 is 1.82 bits per heavy atom. The molecule has 1 saturated heterocycles. The Labute approximate surface area is 111 Å². The Hall–Kier alpha value is 0.210. The molecular weight excluding hydrogens is 232 g/mol. The van der Waals surface area contributed by atoms with Crippen LogP contribution in [0.5, 0.6) is 0 Å². The van der Waals surface area contributed by atoms with Gasteiger partial charge in [-0.15, -0.1) is 11.6 Å². The minimum atomic E-state index is 0.389. The zero-order valence-electron chi connectivity index (χ0n) is 11.2. The molecule has 2 rings (SSSR count). The zero-order valence-corrected chi connectivity index (χ0v) is 12.0. The number of alkyl halides is 1. The van der Waals surface area contributed by atoms with Gasteiger partial charge in [-0.2, -0.15) is 0 Å². The Balaban J connectivity index is 1.63. The van der Waals surface area contributed by atoms with Crippen LogP contribution in [0.3, 0.4) is 0 Å². The molecule has 0 bridgehead atoms. The third-order valence-electron chi connectivity index (χ3n) is 4.40. The largest absolute Gasteiger partial charge is 0.303 e. The van der Waals surface area contributed by atoms with Gasteiger partial charge in [-0.1, -0.05) is 12.8 Å². The van der Waals surface area contributed by atoms with Gasteiger partial charge in [-0.05, 0) is 65.3 Å². The van der Waals surface area contributed by atoms with E-state index in [9.17, 15) is 0 Å². The number of hydrogen-bond acceptors (Lipinski definition) is 2. The maximum absolute atomic E-state index is 6.43. The van der Waals surface area contributed by atoms with Gasteiger partial charge in [0.15, 0.2) is 0 Å². The van der Waals surface area contributed by atoms with Crippen molar-refractivity contribution in [1.29, 1.82) is 0 Å². The summed E-state index contributed by atoms with van der Waals surface area (Å²) in [6.07, 6.45) is 9.31. The van der Waals surface area contributed by atoms with Crippen molar-refractivity contribution in [3.63, 3.8) is 0 Å². The molecule has 17 heavy (non-hydrogen) atoms. The van der Waals surface area contributed by atoms with Gasteiger partial charge in [0.2, 0.25) is 0 Å². The lowest BCUT2D eigenvalue weighted by atomic mass is 9.94. The molecule has 0 N–H and O–H groups in total. The van der Waals surface area contributed by atoms with Crippen LogP contribution in [-0.2, 0) is 0 Å². The minimum Gasteiger partial charge on any atom is -0.303 e. The standard InChI is InChI=1S/C14H27ClN2/c1-16(14-8-3-2-7-13(14)15)9-6-12-17-10-4-5-11-17/h13-14H,2-12H2,1H3. The van der Waals surface area contributed by atoms with Crippen molar-refractivity contribution in [3.05, 3.63) is 0 Å². The summed E-state index contributed by atoms with van der Waals surface area (Å²) in [6, 6.07) is 0.629. The van der Waals surface area contributed by atoms with E-state index in [1.165, 1.54) is 71.1 Å². The van der Waals surface area contributed by atoms with E-state index in [1.807, 2.05) is 0 Å². The summed E-state index contributed by atoms with van der Waals surface area (Å²) in [5.74, 6) is 0. The van der Waals surface area contributed by atoms with E-state index in [0.717, 1.165) is 0 Å². The number of likely N-dealkylation sites (tertiary alicyclic amines) is 1. The summed E-state index contributed by atoms with van der Waals surface area (Å²) >= 11 is 6.43. The molecule has 0 radical (unpaired) electrons. The number of hydrogen-bond donors (Lipinski definition) is 0. The molecule has 2 nitrogen and oxygen atoms in total. The van der Waals surface area contributed by atoms with Crippen molar-refractivity contribution < 1.29 is 0 Å². The molecule has 100 valence electrons. The molecular formula is C14H27ClN2. The van der Waals surface area contributed by atoms with Crippen LogP contribution in [0.4, 0.5) is 0 Å². The SMILES string of the molecule is CN(CCCN1CCCC1)C1CCCCC1Cl. The monoisotopic (exact) mass is 258 g/mol. The van der Waals surface area contributed by atoms with Crippen LogP contribution in [0.2, 0.25) is 0 Å². The second kappa shape index (κ2) is 6.96. The van der Waals surface area contributed by atoms with Crippen LogP contribution in [0.15, 0.2) is 0 Å². The summed E-state index contributed by atoms with van der Waals surface area (Å²) in [7, 11) is 2.26. The first kappa shape index (κ1) is 13.6. The number of halogens is 1. The lowest BCUT2D eigenvalue weighted by Crippen LogP contribution is -2.41. The zero-order chi connectivity index (χ0) is 12.1. The maximum Gasteiger partial charge on any atom is 0.0491 e. The topological polar surface area (TPSA) is 6.48 Å². The fourth-order valence-corrected chi connectivity index (χ4v) is 3.75. The molecule has 0 aromatic carbocycles. The summed E-state index contributed by atoms with van der Waals surface area (Å²) < 4.78 is 0. The van der Waals surface area contributed by atoms with Gasteiger partial charge < -0.3 is 9.80 Å². The van der Waals surface area contributed by atoms with Crippen molar-refractivity contribution in [2.24, 2.45) is 0 Å². The summed E-state index contributed by atoms with van der Waals surface area (Å²) in [5.41, 5.74) is 0. The summed E-state index contributed by atoms with van der Waals surface area (Å²) in [5, 5.41) is 0.389. The summed E-state index contributed by atoms with van der Waals surface area (Å²) in [4.78, 5) is 5.11. The van der Waals surface area contributed by atoms with Crippen molar-refractivity contribution in [2.75, 3.05) is 33.2 Å². The van der Waals surface area contributed by atoms with Crippen LogP contribution >= 0.6 is 11.6 Å². The average Bonchev–Trinajstić information content (AvgIpc) is 2.82. The minimum absolute atomic E-state index is 0.389. The summed E-state index contributed by atoms with van der Waals surface area (Å²) in [6.45, 7) is 5.14. The van der Waals surface area contributed by atoms with E-state index < -0.39 is 0 Å². The molecule has 2 unspecified atom stereocenters. The van der Waals surface area contributed by atoms with Gasteiger partial charge in [0.1, 0.15) is 0 Å². The van der Waals surface area contributed by atoms with Crippen LogP contribution < -0.4 is 0 Å². The van der Waals surface area contributed by atoms with E-state index >= 15 is 0 Å². The van der Waals surface area contributed by atoms with E-state index in [4.69, 9.17) is 11.6 Å². The molecule has 2 aliphatic rings. The third kappa shape index (κ3) is 4.11. The smallest absolute Gasteiger partial charge is 0.0491 e. The highest BCUT2D eigenvalue weighted by molar-refractivity contribution is 6.21. The molecule has 3 heteroatoms. The van der Waals surface area contributed by atoms with E-state index in [0.29, 0.717) is 11.4 Å². The highest BCUT2D eigenvalue weighted by atomic mass is 35.5. The predicted octanol–water partition coefficient (Wildman–Crippen LogP) is 2.95. The van der Waals surface area contributed by atoms with E-state index in [2.05, 4.69) is 16.8 Å². The predicted molar refractivity (Wildman–Crippen MR) is 74.8 cm³/mol. The molecule has 1 heterocycles. The highest BCUT2D eigenvalue weighted by Crippen LogP contribution is 2.26. The van der Waals surface area contributed by atoms with Crippen molar-refractivity contribution in [1.82, 2.24) is 9.80 Å². The first-order valence-corrected chi connectivity index (χ1v) is 7.77. The Bertz CT molecular complexity index is 216. The Morgan fingerprint density at radius 1 is 1.12 bits per heavy atom. The van der Waals surface area contributed by atoms with Gasteiger partial charge in [-0.3, -0.25) is 0 Å². The van der Waals surface area contributed by atoms with E-state index in [-0.39, 0.29) is 0 Å². The molecule has 2 atom stereocenters. The lowest BCUT2D eigenvalue weighted by Gasteiger charge is -2.35. The second-order valence-corrected chi connectivity index (χ2v) is 6.31. The molecule has 0 aromatic heterocycles. The highest BCUT2D eigenvalue weighted by Gasteiger charge is 2.26. The van der Waals surface area contributed by atoms with Crippen molar-refractivity contribution in [2.45, 2.75) is 56.4 Å². The fourth-order valence-electron chi connectivity index (χ4n) is 3.28. The van der Waals surface area contributed by atoms with Gasteiger partial charge in [0.25, 0.3) is 0 Å². The van der Waals surface area contributed by atoms with Gasteiger partial charge >= 0.3 is 0 Å². The molecule has 0 aromatic rings. The maximum atomic E-state index is 6.43. The first-order chi connectivity index (χ1) is 8.27. The van der Waals surface area contributed by atoms with Crippen molar-refractivity contribution >= 4 is 11.6 Å². The fraction of sp³-hybridized carbons (Fsp3) is 1.00. The van der Waals surface area contributed by atoms with E-state index in [1.54, 1.807) is 0 Å². The third-order valence-corrected chi connectivity index (χ3v) is 4.91. The second-order valence-electron chi connectivity index (χ2n) is 5.75. The van der Waals surface area contributed by atoms with Crippen LogP contribution in [0.1, 0.15) is 44.9 Å². The molecule has 1 aliphatic heterocycles. The Kier molecular flexibility index (Phi) is 5.58. The molecule has 0 amide bonds. The van der Waals surface area contributed by atoms with Gasteiger partial charge in [-0.25, -0.2) is 0 Å². The molecule has 0 spiro atoms. The number of nitrogens with zero attached hydrogens (tertiary/aromatic N) is 2. The molecule has 1 saturated carbocycles. The van der Waals surface area contributed by atoms with Gasteiger partial charge in [0.05, 0.1) is 0 Å². The van der Waals surface area contributed by atoms with Crippen LogP contribution in [-0.4, -0.2) is 54.4 Å². The number of rotatable bonds is 5. The van der Waals surface area contributed by atoms with Crippen LogP contribution in [0.25, 0.3) is 0 Å². The van der Waals surface area contributed by atoms with Crippen molar-refractivity contribution in [3.8, 4) is 0 Å². The average molecular weight is 259 g/mol. The Morgan fingerprint density at radius 3 is 2.53 bits per heavy atom. The molecule has 2 fully saturated rings.